The molecule has 1 amide bonds. The van der Waals surface area contributed by atoms with Gasteiger partial charge >= 0.3 is 0 Å². The number of hydrogen-bond donors (Lipinski definition) is 1. The lowest BCUT2D eigenvalue weighted by atomic mass is 10.1. The van der Waals surface area contributed by atoms with E-state index in [2.05, 4.69) is 12.2 Å². The van der Waals surface area contributed by atoms with Crippen molar-refractivity contribution in [1.82, 2.24) is 10.2 Å². The van der Waals surface area contributed by atoms with Crippen molar-refractivity contribution >= 4 is 29.1 Å². The van der Waals surface area contributed by atoms with E-state index in [0.29, 0.717) is 34.7 Å². The largest absolute Gasteiger partial charge is 0.336 e. The summed E-state index contributed by atoms with van der Waals surface area (Å²) in [6, 6.07) is 5.26. The van der Waals surface area contributed by atoms with Crippen LogP contribution in [0.5, 0.6) is 0 Å². The van der Waals surface area contributed by atoms with Gasteiger partial charge in [0.15, 0.2) is 0 Å². The van der Waals surface area contributed by atoms with Gasteiger partial charge in [0.2, 0.25) is 0 Å². The van der Waals surface area contributed by atoms with Crippen LogP contribution in [0.25, 0.3) is 0 Å². The van der Waals surface area contributed by atoms with Gasteiger partial charge in [-0.3, -0.25) is 4.79 Å². The minimum absolute atomic E-state index is 0.0113. The van der Waals surface area contributed by atoms with Crippen LogP contribution in [0, 0.1) is 0 Å². The fraction of sp³-hybridized carbons (Fsp3) is 0.417. The molecular formula is C12H14Cl2N2O. The van der Waals surface area contributed by atoms with Gasteiger partial charge in [-0.1, -0.05) is 23.2 Å². The highest BCUT2D eigenvalue weighted by Crippen LogP contribution is 2.20. The van der Waals surface area contributed by atoms with Crippen molar-refractivity contribution in [3.05, 3.63) is 33.8 Å². The van der Waals surface area contributed by atoms with Gasteiger partial charge in [-0.2, -0.15) is 0 Å². The Morgan fingerprint density at radius 2 is 2.00 bits per heavy atom. The van der Waals surface area contributed by atoms with Crippen molar-refractivity contribution in [3.8, 4) is 0 Å². The predicted octanol–water partition coefficient (Wildman–Crippen LogP) is 2.43. The third kappa shape index (κ3) is 3.12. The number of nitrogens with one attached hydrogen (secondary N) is 1. The lowest BCUT2D eigenvalue weighted by Gasteiger charge is -2.32. The van der Waals surface area contributed by atoms with Crippen molar-refractivity contribution in [1.29, 1.82) is 0 Å². The molecule has 0 aliphatic carbocycles. The highest BCUT2D eigenvalue weighted by atomic mass is 35.5. The van der Waals surface area contributed by atoms with E-state index in [-0.39, 0.29) is 5.91 Å². The number of amides is 1. The van der Waals surface area contributed by atoms with Crippen LogP contribution in [0.1, 0.15) is 17.3 Å². The Kier molecular flexibility index (Phi) is 3.92. The van der Waals surface area contributed by atoms with E-state index < -0.39 is 0 Å². The molecular weight excluding hydrogens is 259 g/mol. The summed E-state index contributed by atoms with van der Waals surface area (Å²) < 4.78 is 0. The molecule has 1 aromatic rings. The zero-order valence-corrected chi connectivity index (χ0v) is 11.1. The summed E-state index contributed by atoms with van der Waals surface area (Å²) in [5, 5.41) is 4.27. The molecule has 0 aromatic heterocycles. The number of benzene rings is 1. The quantitative estimate of drug-likeness (QED) is 0.852. The van der Waals surface area contributed by atoms with Crippen LogP contribution in [-0.2, 0) is 0 Å². The van der Waals surface area contributed by atoms with Crippen LogP contribution < -0.4 is 5.32 Å². The monoisotopic (exact) mass is 272 g/mol. The molecule has 1 aliphatic rings. The van der Waals surface area contributed by atoms with Crippen molar-refractivity contribution in [3.63, 3.8) is 0 Å². The first kappa shape index (κ1) is 12.7. The normalized spacial score (nSPS) is 20.4. The molecule has 1 heterocycles. The Morgan fingerprint density at radius 1 is 1.35 bits per heavy atom. The summed E-state index contributed by atoms with van der Waals surface area (Å²) in [7, 11) is 0. The standard InChI is InChI=1S/C12H14Cl2N2O/c1-8-7-16(3-2-15-8)12(17)9-4-10(13)6-11(14)5-9/h4-6,8,15H,2-3,7H2,1H3/t8-/m1/s1. The Labute approximate surface area is 111 Å². The van der Waals surface area contributed by atoms with Crippen LogP contribution in [0.4, 0.5) is 0 Å². The third-order valence-corrected chi connectivity index (χ3v) is 3.20. The van der Waals surface area contributed by atoms with Crippen molar-refractivity contribution in [2.75, 3.05) is 19.6 Å². The van der Waals surface area contributed by atoms with Crippen molar-refractivity contribution in [2.24, 2.45) is 0 Å². The van der Waals surface area contributed by atoms with E-state index >= 15 is 0 Å². The van der Waals surface area contributed by atoms with Crippen molar-refractivity contribution in [2.45, 2.75) is 13.0 Å². The molecule has 1 saturated heterocycles. The van der Waals surface area contributed by atoms with E-state index in [1.807, 2.05) is 4.90 Å². The summed E-state index contributed by atoms with van der Waals surface area (Å²) in [6.45, 7) is 4.31. The van der Waals surface area contributed by atoms with Gasteiger partial charge in [0, 0.05) is 41.3 Å². The first-order chi connectivity index (χ1) is 8.06. The molecule has 1 aliphatic heterocycles. The van der Waals surface area contributed by atoms with Gasteiger partial charge in [0.1, 0.15) is 0 Å². The Balaban J connectivity index is 2.18. The van der Waals surface area contributed by atoms with Crippen LogP contribution in [0.2, 0.25) is 10.0 Å². The topological polar surface area (TPSA) is 32.3 Å². The number of rotatable bonds is 1. The van der Waals surface area contributed by atoms with E-state index in [1.165, 1.54) is 0 Å². The second-order valence-corrected chi connectivity index (χ2v) is 5.14. The minimum Gasteiger partial charge on any atom is -0.336 e. The van der Waals surface area contributed by atoms with E-state index in [1.54, 1.807) is 18.2 Å². The van der Waals surface area contributed by atoms with Gasteiger partial charge in [0.25, 0.3) is 5.91 Å². The minimum atomic E-state index is -0.0113. The molecule has 1 aromatic carbocycles. The highest BCUT2D eigenvalue weighted by Gasteiger charge is 2.21. The summed E-state index contributed by atoms with van der Waals surface area (Å²) >= 11 is 11.8. The van der Waals surface area contributed by atoms with Crippen LogP contribution in [0.15, 0.2) is 18.2 Å². The van der Waals surface area contributed by atoms with E-state index in [9.17, 15) is 4.79 Å². The molecule has 0 saturated carbocycles. The first-order valence-corrected chi connectivity index (χ1v) is 6.30. The Hall–Kier alpha value is -0.770. The molecule has 0 bridgehead atoms. The number of nitrogens with zero attached hydrogens (tertiary/aromatic N) is 1. The second kappa shape index (κ2) is 5.25. The van der Waals surface area contributed by atoms with E-state index in [4.69, 9.17) is 23.2 Å². The summed E-state index contributed by atoms with van der Waals surface area (Å²) in [5.41, 5.74) is 0.552. The maximum absolute atomic E-state index is 12.2. The Bertz CT molecular complexity index is 416. The SMILES string of the molecule is C[C@@H]1CN(C(=O)c2cc(Cl)cc(Cl)c2)CCN1. The van der Waals surface area contributed by atoms with E-state index in [0.717, 1.165) is 6.54 Å². The predicted molar refractivity (Wildman–Crippen MR) is 69.8 cm³/mol. The smallest absolute Gasteiger partial charge is 0.254 e. The first-order valence-electron chi connectivity index (χ1n) is 5.55. The zero-order chi connectivity index (χ0) is 12.4. The van der Waals surface area contributed by atoms with Crippen LogP contribution in [0.3, 0.4) is 0 Å². The lowest BCUT2D eigenvalue weighted by Crippen LogP contribution is -2.51. The molecule has 17 heavy (non-hydrogen) atoms. The molecule has 0 spiro atoms. The van der Waals surface area contributed by atoms with Gasteiger partial charge in [0.05, 0.1) is 0 Å². The summed E-state index contributed by atoms with van der Waals surface area (Å²) in [5.74, 6) is -0.0113. The average molecular weight is 273 g/mol. The molecule has 0 unspecified atom stereocenters. The number of carbonyl (C=O) groups is 1. The maximum Gasteiger partial charge on any atom is 0.254 e. The second-order valence-electron chi connectivity index (χ2n) is 4.26. The van der Waals surface area contributed by atoms with Crippen molar-refractivity contribution < 1.29 is 4.79 Å². The molecule has 0 radical (unpaired) electrons. The fourth-order valence-corrected chi connectivity index (χ4v) is 2.50. The van der Waals surface area contributed by atoms with Gasteiger partial charge in [-0.15, -0.1) is 0 Å². The molecule has 1 atom stereocenters. The lowest BCUT2D eigenvalue weighted by molar-refractivity contribution is 0.0709. The summed E-state index contributed by atoms with van der Waals surface area (Å²) in [4.78, 5) is 14.1. The van der Waals surface area contributed by atoms with Crippen LogP contribution in [-0.4, -0.2) is 36.5 Å². The average Bonchev–Trinajstić information content (AvgIpc) is 2.26. The summed E-state index contributed by atoms with van der Waals surface area (Å²) in [6.07, 6.45) is 0. The van der Waals surface area contributed by atoms with Gasteiger partial charge in [-0.05, 0) is 25.1 Å². The number of piperazine rings is 1. The number of carbonyl (C=O) groups excluding carboxylic acids is 1. The zero-order valence-electron chi connectivity index (χ0n) is 9.54. The fourth-order valence-electron chi connectivity index (χ4n) is 1.98. The highest BCUT2D eigenvalue weighted by molar-refractivity contribution is 6.35. The molecule has 1 N–H and O–H groups in total. The Morgan fingerprint density at radius 3 is 2.59 bits per heavy atom. The number of halogens is 2. The molecule has 3 nitrogen and oxygen atoms in total. The van der Waals surface area contributed by atoms with Gasteiger partial charge in [-0.25, -0.2) is 0 Å². The third-order valence-electron chi connectivity index (χ3n) is 2.77. The number of hydrogen-bond acceptors (Lipinski definition) is 2. The van der Waals surface area contributed by atoms with Crippen LogP contribution >= 0.6 is 23.2 Å². The molecule has 5 heteroatoms. The molecule has 1 fully saturated rings. The molecule has 92 valence electrons. The van der Waals surface area contributed by atoms with Gasteiger partial charge < -0.3 is 10.2 Å². The molecule has 2 rings (SSSR count). The maximum atomic E-state index is 12.2.